The van der Waals surface area contributed by atoms with E-state index in [0.29, 0.717) is 11.0 Å². The van der Waals surface area contributed by atoms with Crippen LogP contribution in [0.1, 0.15) is 33.1 Å². The zero-order valence-corrected chi connectivity index (χ0v) is 7.39. The highest BCUT2D eigenvalue weighted by Crippen LogP contribution is 2.67. The Morgan fingerprint density at radius 2 is 2.00 bits per heavy atom. The van der Waals surface area contributed by atoms with Crippen molar-refractivity contribution in [2.24, 2.45) is 17.3 Å². The monoisotopic (exact) mass is 152 g/mol. The fourth-order valence-electron chi connectivity index (χ4n) is 3.67. The molecule has 0 N–H and O–H groups in total. The summed E-state index contributed by atoms with van der Waals surface area (Å²) in [6.07, 6.45) is 4.26. The third kappa shape index (κ3) is 0.581. The summed E-state index contributed by atoms with van der Waals surface area (Å²) in [5, 5.41) is 0. The number of hydrogen-bond acceptors (Lipinski definition) is 1. The summed E-state index contributed by atoms with van der Waals surface area (Å²) in [7, 11) is 0. The molecule has 2 saturated carbocycles. The van der Waals surface area contributed by atoms with E-state index in [1.165, 1.54) is 19.3 Å². The van der Waals surface area contributed by atoms with Crippen LogP contribution >= 0.6 is 0 Å². The van der Waals surface area contributed by atoms with Crippen molar-refractivity contribution in [1.29, 1.82) is 0 Å². The Hall–Kier alpha value is -0.0400. The van der Waals surface area contributed by atoms with E-state index in [2.05, 4.69) is 13.8 Å². The lowest BCUT2D eigenvalue weighted by atomic mass is 9.80. The Balaban J connectivity index is 2.02. The second-order valence-corrected chi connectivity index (χ2v) is 5.21. The molecule has 1 heteroatoms. The van der Waals surface area contributed by atoms with Crippen molar-refractivity contribution < 1.29 is 4.74 Å². The molecule has 11 heavy (non-hydrogen) atoms. The molecule has 0 radical (unpaired) electrons. The highest BCUT2D eigenvalue weighted by atomic mass is 16.6. The molecule has 3 rings (SSSR count). The number of ether oxygens (including phenoxy) is 1. The lowest BCUT2D eigenvalue weighted by Gasteiger charge is -2.24. The lowest BCUT2D eigenvalue weighted by Crippen LogP contribution is -2.25. The molecule has 2 bridgehead atoms. The predicted molar refractivity (Wildman–Crippen MR) is 43.3 cm³/mol. The highest BCUT2D eigenvalue weighted by Gasteiger charge is 2.67. The zero-order chi connectivity index (χ0) is 7.69. The molecule has 1 unspecified atom stereocenters. The Kier molecular flexibility index (Phi) is 0.893. The molecule has 0 aromatic heterocycles. The van der Waals surface area contributed by atoms with Crippen molar-refractivity contribution in [2.45, 2.75) is 38.7 Å². The van der Waals surface area contributed by atoms with Crippen LogP contribution in [0.3, 0.4) is 0 Å². The third-order valence-electron chi connectivity index (χ3n) is 4.50. The van der Waals surface area contributed by atoms with Crippen LogP contribution in [0.5, 0.6) is 0 Å². The number of epoxide rings is 1. The fraction of sp³-hybridized carbons (Fsp3) is 1.00. The molecule has 3 atom stereocenters. The standard InChI is InChI=1S/C10H16O/c1-9(2)7-3-4-8(9)10(5-7)6-11-10/h7-8H,3-6H2,1-2H3/t7-,8-,10?/m1/s1. The van der Waals surface area contributed by atoms with E-state index in [0.717, 1.165) is 18.4 Å². The van der Waals surface area contributed by atoms with Gasteiger partial charge < -0.3 is 4.74 Å². The molecule has 0 aromatic carbocycles. The van der Waals surface area contributed by atoms with Gasteiger partial charge in [0.15, 0.2) is 0 Å². The summed E-state index contributed by atoms with van der Waals surface area (Å²) in [5.74, 6) is 1.86. The molecule has 3 aliphatic rings. The lowest BCUT2D eigenvalue weighted by molar-refractivity contribution is 0.182. The summed E-state index contributed by atoms with van der Waals surface area (Å²) < 4.78 is 5.63. The SMILES string of the molecule is CC1(C)[C@@H]2CC[C@H]1C1(CO1)C2. The van der Waals surface area contributed by atoms with Crippen molar-refractivity contribution >= 4 is 0 Å². The van der Waals surface area contributed by atoms with Gasteiger partial charge in [-0.3, -0.25) is 0 Å². The molecular weight excluding hydrogens is 136 g/mol. The van der Waals surface area contributed by atoms with Crippen LogP contribution < -0.4 is 0 Å². The molecular formula is C10H16O. The quantitative estimate of drug-likeness (QED) is 0.485. The first-order valence-electron chi connectivity index (χ1n) is 4.79. The van der Waals surface area contributed by atoms with E-state index in [9.17, 15) is 0 Å². The van der Waals surface area contributed by atoms with Gasteiger partial charge in [-0.15, -0.1) is 0 Å². The molecule has 1 heterocycles. The van der Waals surface area contributed by atoms with Crippen LogP contribution in [0.4, 0.5) is 0 Å². The van der Waals surface area contributed by atoms with Crippen molar-refractivity contribution in [3.8, 4) is 0 Å². The van der Waals surface area contributed by atoms with Gasteiger partial charge in [0, 0.05) is 0 Å². The summed E-state index contributed by atoms with van der Waals surface area (Å²) in [6.45, 7) is 5.94. The van der Waals surface area contributed by atoms with Gasteiger partial charge in [0.1, 0.15) is 0 Å². The van der Waals surface area contributed by atoms with Gasteiger partial charge in [-0.1, -0.05) is 13.8 Å². The summed E-state index contributed by atoms with van der Waals surface area (Å²) >= 11 is 0. The van der Waals surface area contributed by atoms with E-state index < -0.39 is 0 Å². The Bertz CT molecular complexity index is 203. The van der Waals surface area contributed by atoms with Crippen LogP contribution in [0.15, 0.2) is 0 Å². The molecule has 1 spiro atoms. The highest BCUT2D eigenvalue weighted by molar-refractivity contribution is 5.16. The van der Waals surface area contributed by atoms with Crippen molar-refractivity contribution in [3.63, 3.8) is 0 Å². The topological polar surface area (TPSA) is 12.5 Å². The number of hydrogen-bond donors (Lipinski definition) is 0. The summed E-state index contributed by atoms with van der Waals surface area (Å²) in [6, 6.07) is 0. The van der Waals surface area contributed by atoms with Crippen LogP contribution in [-0.4, -0.2) is 12.2 Å². The van der Waals surface area contributed by atoms with Gasteiger partial charge in [-0.25, -0.2) is 0 Å². The van der Waals surface area contributed by atoms with Gasteiger partial charge in [0.2, 0.25) is 0 Å². The van der Waals surface area contributed by atoms with E-state index in [1.807, 2.05) is 0 Å². The Morgan fingerprint density at radius 3 is 2.27 bits per heavy atom. The molecule has 2 aliphatic carbocycles. The molecule has 1 nitrogen and oxygen atoms in total. The largest absolute Gasteiger partial charge is 0.369 e. The molecule has 1 saturated heterocycles. The van der Waals surface area contributed by atoms with Crippen molar-refractivity contribution in [3.05, 3.63) is 0 Å². The minimum Gasteiger partial charge on any atom is -0.369 e. The second kappa shape index (κ2) is 1.52. The van der Waals surface area contributed by atoms with Gasteiger partial charge in [0.05, 0.1) is 12.2 Å². The van der Waals surface area contributed by atoms with E-state index in [1.54, 1.807) is 0 Å². The Labute approximate surface area is 68.1 Å². The second-order valence-electron chi connectivity index (χ2n) is 5.21. The molecule has 0 aromatic rings. The molecule has 1 aliphatic heterocycles. The summed E-state index contributed by atoms with van der Waals surface area (Å²) in [5.41, 5.74) is 0.989. The first kappa shape index (κ1) is 6.47. The maximum Gasteiger partial charge on any atom is 0.0952 e. The molecule has 62 valence electrons. The van der Waals surface area contributed by atoms with E-state index >= 15 is 0 Å². The molecule has 0 amide bonds. The first-order valence-corrected chi connectivity index (χ1v) is 4.79. The number of fused-ring (bicyclic) bond motifs is 3. The van der Waals surface area contributed by atoms with Gasteiger partial charge in [-0.05, 0) is 36.5 Å². The van der Waals surface area contributed by atoms with Gasteiger partial charge in [0.25, 0.3) is 0 Å². The van der Waals surface area contributed by atoms with Crippen LogP contribution in [0, 0.1) is 17.3 Å². The van der Waals surface area contributed by atoms with E-state index in [-0.39, 0.29) is 0 Å². The maximum absolute atomic E-state index is 5.63. The first-order chi connectivity index (χ1) is 5.15. The number of rotatable bonds is 0. The minimum atomic E-state index is 0.395. The third-order valence-corrected chi connectivity index (χ3v) is 4.50. The fourth-order valence-corrected chi connectivity index (χ4v) is 3.67. The van der Waals surface area contributed by atoms with Crippen molar-refractivity contribution in [2.75, 3.05) is 6.61 Å². The summed E-state index contributed by atoms with van der Waals surface area (Å²) in [4.78, 5) is 0. The average Bonchev–Trinajstić information content (AvgIpc) is 2.58. The maximum atomic E-state index is 5.63. The normalized spacial score (nSPS) is 57.3. The van der Waals surface area contributed by atoms with Gasteiger partial charge >= 0.3 is 0 Å². The van der Waals surface area contributed by atoms with Gasteiger partial charge in [-0.2, -0.15) is 0 Å². The molecule has 3 fully saturated rings. The minimum absolute atomic E-state index is 0.395. The average molecular weight is 152 g/mol. The smallest absolute Gasteiger partial charge is 0.0952 e. The van der Waals surface area contributed by atoms with Crippen molar-refractivity contribution in [1.82, 2.24) is 0 Å². The van der Waals surface area contributed by atoms with Crippen LogP contribution in [-0.2, 0) is 4.74 Å². The van der Waals surface area contributed by atoms with E-state index in [4.69, 9.17) is 4.74 Å². The predicted octanol–water partition coefficient (Wildman–Crippen LogP) is 2.21. The zero-order valence-electron chi connectivity index (χ0n) is 7.39. The van der Waals surface area contributed by atoms with Crippen LogP contribution in [0.25, 0.3) is 0 Å². The van der Waals surface area contributed by atoms with Crippen LogP contribution in [0.2, 0.25) is 0 Å². The Morgan fingerprint density at radius 1 is 1.27 bits per heavy atom.